The molecule has 2 N–H and O–H groups in total. The van der Waals surface area contributed by atoms with Crippen molar-refractivity contribution in [3.05, 3.63) is 27.7 Å². The Morgan fingerprint density at radius 1 is 1.47 bits per heavy atom. The number of carbonyl (C=O) groups excluding carboxylic acids is 1. The molecule has 1 aliphatic heterocycles. The number of nitrogens with one attached hydrogen (secondary N) is 2. The van der Waals surface area contributed by atoms with E-state index in [0.29, 0.717) is 16.0 Å². The molecular weight excluding hydrogens is 348 g/mol. The van der Waals surface area contributed by atoms with Crippen LogP contribution in [0.15, 0.2) is 22.7 Å². The Morgan fingerprint density at radius 2 is 2.21 bits per heavy atom. The Balaban J connectivity index is 1.81. The van der Waals surface area contributed by atoms with Crippen molar-refractivity contribution in [1.29, 1.82) is 0 Å². The minimum absolute atomic E-state index is 0.0199. The number of hydrogen-bond donors (Lipinski definition) is 2. The molecule has 1 aromatic carbocycles. The molecule has 0 aliphatic carbocycles. The Bertz CT molecular complexity index is 452. The van der Waals surface area contributed by atoms with E-state index in [1.165, 1.54) is 0 Å². The van der Waals surface area contributed by atoms with Crippen molar-refractivity contribution >= 4 is 50.9 Å². The van der Waals surface area contributed by atoms with Gasteiger partial charge in [0, 0.05) is 14.7 Å². The molecule has 1 heterocycles. The summed E-state index contributed by atoms with van der Waals surface area (Å²) < 4.78 is 0.845. The van der Waals surface area contributed by atoms with Gasteiger partial charge in [-0.25, -0.2) is 0 Å². The topological polar surface area (TPSA) is 41.1 Å². The van der Waals surface area contributed by atoms with E-state index in [1.54, 1.807) is 23.9 Å². The molecule has 0 atom stereocenters. The zero-order valence-corrected chi connectivity index (χ0v) is 13.6. The Morgan fingerprint density at radius 3 is 2.95 bits per heavy atom. The smallest absolute Gasteiger partial charge is 0.234 e. The quantitative estimate of drug-likeness (QED) is 0.860. The van der Waals surface area contributed by atoms with E-state index >= 15 is 0 Å². The summed E-state index contributed by atoms with van der Waals surface area (Å²) in [4.78, 5) is 11.9. The van der Waals surface area contributed by atoms with E-state index in [4.69, 9.17) is 11.6 Å². The van der Waals surface area contributed by atoms with Gasteiger partial charge in [0.05, 0.1) is 11.4 Å². The highest BCUT2D eigenvalue weighted by Crippen LogP contribution is 2.26. The third kappa shape index (κ3) is 4.99. The van der Waals surface area contributed by atoms with E-state index < -0.39 is 0 Å². The lowest BCUT2D eigenvalue weighted by atomic mass is 10.2. The second kappa shape index (κ2) is 7.53. The predicted octanol–water partition coefficient (Wildman–Crippen LogP) is 3.53. The number of thioether (sulfide) groups is 1. The number of rotatable bonds is 4. The van der Waals surface area contributed by atoms with Gasteiger partial charge in [0.2, 0.25) is 5.91 Å². The Labute approximate surface area is 131 Å². The van der Waals surface area contributed by atoms with Gasteiger partial charge < -0.3 is 10.6 Å². The third-order valence-corrected chi connectivity index (χ3v) is 5.24. The number of piperidine rings is 1. The van der Waals surface area contributed by atoms with Crippen molar-refractivity contribution in [2.45, 2.75) is 18.1 Å². The first-order chi connectivity index (χ1) is 9.15. The van der Waals surface area contributed by atoms with Crippen LogP contribution in [0.2, 0.25) is 5.02 Å². The maximum atomic E-state index is 11.9. The summed E-state index contributed by atoms with van der Waals surface area (Å²) in [6.07, 6.45) is 2.28. The third-order valence-electron chi connectivity index (χ3n) is 2.94. The van der Waals surface area contributed by atoms with Gasteiger partial charge in [0.1, 0.15) is 0 Å². The van der Waals surface area contributed by atoms with Crippen molar-refractivity contribution in [3.63, 3.8) is 0 Å². The van der Waals surface area contributed by atoms with Gasteiger partial charge in [-0.15, -0.1) is 11.8 Å². The highest BCUT2D eigenvalue weighted by Gasteiger charge is 2.15. The van der Waals surface area contributed by atoms with Crippen molar-refractivity contribution in [1.82, 2.24) is 5.32 Å². The lowest BCUT2D eigenvalue weighted by molar-refractivity contribution is -0.113. The standard InChI is InChI=1S/C13H16BrClN2OS/c14-11-2-1-9(15)7-12(11)17-13(18)8-19-10-3-5-16-6-4-10/h1-2,7,10,16H,3-6,8H2,(H,17,18). The summed E-state index contributed by atoms with van der Waals surface area (Å²) >= 11 is 11.0. The SMILES string of the molecule is O=C(CSC1CCNCC1)Nc1cc(Cl)ccc1Br. The monoisotopic (exact) mass is 362 g/mol. The van der Waals surface area contributed by atoms with Crippen LogP contribution in [0.4, 0.5) is 5.69 Å². The molecule has 0 bridgehead atoms. The first-order valence-corrected chi connectivity index (χ1v) is 8.44. The van der Waals surface area contributed by atoms with Gasteiger partial charge in [-0.2, -0.15) is 0 Å². The fourth-order valence-electron chi connectivity index (χ4n) is 1.94. The number of halogens is 2. The van der Waals surface area contributed by atoms with Crippen molar-refractivity contribution in [2.24, 2.45) is 0 Å². The number of carbonyl (C=O) groups is 1. The number of anilines is 1. The lowest BCUT2D eigenvalue weighted by Gasteiger charge is -2.21. The minimum Gasteiger partial charge on any atom is -0.324 e. The molecule has 19 heavy (non-hydrogen) atoms. The van der Waals surface area contributed by atoms with Crippen LogP contribution in [0, 0.1) is 0 Å². The Kier molecular flexibility index (Phi) is 6.01. The molecule has 0 unspecified atom stereocenters. The average Bonchev–Trinajstić information content (AvgIpc) is 2.42. The molecule has 1 saturated heterocycles. The zero-order valence-electron chi connectivity index (χ0n) is 10.4. The van der Waals surface area contributed by atoms with E-state index in [9.17, 15) is 4.79 Å². The summed E-state index contributed by atoms with van der Waals surface area (Å²) in [6, 6.07) is 5.36. The molecule has 0 spiro atoms. The summed E-state index contributed by atoms with van der Waals surface area (Å²) in [5, 5.41) is 7.41. The highest BCUT2D eigenvalue weighted by molar-refractivity contribution is 9.10. The largest absolute Gasteiger partial charge is 0.324 e. The van der Waals surface area contributed by atoms with Crippen LogP contribution in [0.3, 0.4) is 0 Å². The molecule has 0 saturated carbocycles. The van der Waals surface area contributed by atoms with Crippen LogP contribution in [-0.4, -0.2) is 30.0 Å². The van der Waals surface area contributed by atoms with Crippen LogP contribution in [0.5, 0.6) is 0 Å². The van der Waals surface area contributed by atoms with Gasteiger partial charge in [-0.3, -0.25) is 4.79 Å². The van der Waals surface area contributed by atoms with Gasteiger partial charge in [0.25, 0.3) is 0 Å². The molecule has 104 valence electrons. The van der Waals surface area contributed by atoms with Crippen LogP contribution in [0.1, 0.15) is 12.8 Å². The van der Waals surface area contributed by atoms with Gasteiger partial charge in [-0.1, -0.05) is 11.6 Å². The number of hydrogen-bond acceptors (Lipinski definition) is 3. The zero-order chi connectivity index (χ0) is 13.7. The first kappa shape index (κ1) is 15.2. The summed E-state index contributed by atoms with van der Waals surface area (Å²) in [5.74, 6) is 0.510. The van der Waals surface area contributed by atoms with Crippen LogP contribution >= 0.6 is 39.3 Å². The normalized spacial score (nSPS) is 16.3. The minimum atomic E-state index is 0.0199. The molecule has 0 radical (unpaired) electrons. The van der Waals surface area contributed by atoms with E-state index in [0.717, 1.165) is 36.1 Å². The van der Waals surface area contributed by atoms with Gasteiger partial charge in [0.15, 0.2) is 0 Å². The molecule has 1 amide bonds. The van der Waals surface area contributed by atoms with Crippen molar-refractivity contribution < 1.29 is 4.79 Å². The molecule has 1 aromatic rings. The lowest BCUT2D eigenvalue weighted by Crippen LogP contribution is -2.30. The molecular formula is C13H16BrClN2OS. The van der Waals surface area contributed by atoms with Crippen molar-refractivity contribution in [3.8, 4) is 0 Å². The molecule has 3 nitrogen and oxygen atoms in total. The van der Waals surface area contributed by atoms with Crippen LogP contribution in [-0.2, 0) is 4.79 Å². The maximum Gasteiger partial charge on any atom is 0.234 e. The van der Waals surface area contributed by atoms with Crippen LogP contribution < -0.4 is 10.6 Å². The second-order valence-electron chi connectivity index (χ2n) is 4.43. The molecule has 0 aromatic heterocycles. The molecule has 1 aliphatic rings. The fraction of sp³-hybridized carbons (Fsp3) is 0.462. The average molecular weight is 364 g/mol. The predicted molar refractivity (Wildman–Crippen MR) is 86.1 cm³/mol. The van der Waals surface area contributed by atoms with Crippen molar-refractivity contribution in [2.75, 3.05) is 24.2 Å². The van der Waals surface area contributed by atoms with E-state index in [-0.39, 0.29) is 5.91 Å². The van der Waals surface area contributed by atoms with Crippen LogP contribution in [0.25, 0.3) is 0 Å². The maximum absolute atomic E-state index is 11.9. The summed E-state index contributed by atoms with van der Waals surface area (Å²) in [6.45, 7) is 2.11. The number of benzene rings is 1. The van der Waals surface area contributed by atoms with Gasteiger partial charge in [-0.05, 0) is 60.1 Å². The first-order valence-electron chi connectivity index (χ1n) is 6.22. The summed E-state index contributed by atoms with van der Waals surface area (Å²) in [7, 11) is 0. The van der Waals surface area contributed by atoms with Gasteiger partial charge >= 0.3 is 0 Å². The highest BCUT2D eigenvalue weighted by atomic mass is 79.9. The number of amides is 1. The summed E-state index contributed by atoms with van der Waals surface area (Å²) in [5.41, 5.74) is 0.725. The molecule has 1 fully saturated rings. The Hall–Kier alpha value is -0.230. The molecule has 2 rings (SSSR count). The van der Waals surface area contributed by atoms with E-state index in [2.05, 4.69) is 26.6 Å². The fourth-order valence-corrected chi connectivity index (χ4v) is 3.48. The second-order valence-corrected chi connectivity index (χ2v) is 7.01. The van der Waals surface area contributed by atoms with E-state index in [1.807, 2.05) is 6.07 Å². The molecule has 6 heteroatoms.